The monoisotopic (exact) mass is 466 g/mol. The van der Waals surface area contributed by atoms with E-state index < -0.39 is 11.2 Å². The number of amides is 1. The number of benzene rings is 1. The van der Waals surface area contributed by atoms with Crippen molar-refractivity contribution in [1.29, 1.82) is 0 Å². The zero-order chi connectivity index (χ0) is 24.0. The van der Waals surface area contributed by atoms with E-state index in [1.54, 1.807) is 4.90 Å². The van der Waals surface area contributed by atoms with Gasteiger partial charge in [0.15, 0.2) is 0 Å². The van der Waals surface area contributed by atoms with Gasteiger partial charge in [0.2, 0.25) is 0 Å². The van der Waals surface area contributed by atoms with Crippen LogP contribution in [0.5, 0.6) is 5.75 Å². The molecule has 1 aromatic carbocycles. The Morgan fingerprint density at radius 2 is 1.91 bits per heavy atom. The lowest BCUT2D eigenvalue weighted by Gasteiger charge is -2.37. The van der Waals surface area contributed by atoms with Crippen molar-refractivity contribution in [2.24, 2.45) is 5.41 Å². The van der Waals surface area contributed by atoms with Crippen LogP contribution in [-0.2, 0) is 14.3 Å². The Balaban J connectivity index is 0.000000968. The number of esters is 1. The molecule has 1 aromatic rings. The Bertz CT molecular complexity index is 849. The summed E-state index contributed by atoms with van der Waals surface area (Å²) < 4.78 is 24.6. The maximum atomic E-state index is 13.7. The number of nitrogens with zero attached hydrogens (tertiary/aromatic N) is 2. The predicted molar refractivity (Wildman–Crippen MR) is 115 cm³/mol. The molecular formula is C23H31FN2O7. The fourth-order valence-corrected chi connectivity index (χ4v) is 4.89. The Morgan fingerprint density at radius 3 is 2.52 bits per heavy atom. The number of cyclic esters (lactones) is 1. The third-order valence-electron chi connectivity index (χ3n) is 6.74. The highest BCUT2D eigenvalue weighted by molar-refractivity contribution is 5.97. The minimum absolute atomic E-state index is 0.140. The van der Waals surface area contributed by atoms with Gasteiger partial charge in [0.05, 0.1) is 24.2 Å². The largest absolute Gasteiger partial charge is 0.496 e. The van der Waals surface area contributed by atoms with Gasteiger partial charge >= 0.3 is 5.97 Å². The van der Waals surface area contributed by atoms with Crippen molar-refractivity contribution >= 4 is 18.3 Å². The van der Waals surface area contributed by atoms with Crippen molar-refractivity contribution in [1.82, 2.24) is 9.80 Å². The van der Waals surface area contributed by atoms with Crippen LogP contribution in [0.3, 0.4) is 0 Å². The van der Waals surface area contributed by atoms with E-state index >= 15 is 0 Å². The van der Waals surface area contributed by atoms with Crippen molar-refractivity contribution in [2.75, 3.05) is 39.8 Å². The third kappa shape index (κ3) is 5.80. The van der Waals surface area contributed by atoms with Crippen LogP contribution in [0.1, 0.15) is 42.5 Å². The second-order valence-electron chi connectivity index (χ2n) is 8.79. The number of hydrogen-bond donors (Lipinski definition) is 2. The minimum Gasteiger partial charge on any atom is -0.496 e. The van der Waals surface area contributed by atoms with Gasteiger partial charge in [-0.05, 0) is 43.9 Å². The molecule has 0 radical (unpaired) electrons. The number of piperidine rings is 2. The summed E-state index contributed by atoms with van der Waals surface area (Å²) in [7, 11) is 1.45. The van der Waals surface area contributed by atoms with Crippen LogP contribution in [0.25, 0.3) is 0 Å². The fraction of sp³-hybridized carbons (Fsp3) is 0.609. The predicted octanol–water partition coefficient (Wildman–Crippen LogP) is 1.53. The summed E-state index contributed by atoms with van der Waals surface area (Å²) in [6, 6.07) is 3.91. The summed E-state index contributed by atoms with van der Waals surface area (Å²) in [4.78, 5) is 37.9. The van der Waals surface area contributed by atoms with Gasteiger partial charge in [-0.15, -0.1) is 0 Å². The van der Waals surface area contributed by atoms with Gasteiger partial charge in [-0.3, -0.25) is 19.3 Å². The van der Waals surface area contributed by atoms with Crippen molar-refractivity contribution in [3.63, 3.8) is 0 Å². The van der Waals surface area contributed by atoms with E-state index in [1.165, 1.54) is 25.3 Å². The quantitative estimate of drug-likeness (QED) is 0.507. The Kier molecular flexibility index (Phi) is 8.25. The van der Waals surface area contributed by atoms with Crippen molar-refractivity contribution in [2.45, 2.75) is 44.3 Å². The average Bonchev–Trinajstić information content (AvgIpc) is 3.10. The van der Waals surface area contributed by atoms with E-state index in [9.17, 15) is 19.1 Å². The first kappa shape index (κ1) is 24.9. The van der Waals surface area contributed by atoms with Gasteiger partial charge in [0.1, 0.15) is 17.7 Å². The number of carbonyl (C=O) groups is 3. The molecule has 4 rings (SSSR count). The van der Waals surface area contributed by atoms with E-state index in [-0.39, 0.29) is 36.1 Å². The molecule has 9 nitrogen and oxygen atoms in total. The zero-order valence-corrected chi connectivity index (χ0v) is 18.7. The minimum atomic E-state index is -0.539. The van der Waals surface area contributed by atoms with Crippen LogP contribution in [0, 0.1) is 11.2 Å². The number of carboxylic acid groups (broad SMARTS) is 1. The first-order chi connectivity index (χ1) is 15.8. The normalized spacial score (nSPS) is 22.9. The topological polar surface area (TPSA) is 117 Å². The maximum Gasteiger partial charge on any atom is 0.312 e. The highest BCUT2D eigenvalue weighted by atomic mass is 19.1. The number of hydrogen-bond acceptors (Lipinski definition) is 7. The molecule has 3 fully saturated rings. The van der Waals surface area contributed by atoms with Gasteiger partial charge < -0.3 is 24.6 Å². The molecule has 2 N–H and O–H groups in total. The molecule has 1 amide bonds. The molecule has 1 unspecified atom stereocenters. The highest BCUT2D eigenvalue weighted by Gasteiger charge is 2.51. The Morgan fingerprint density at radius 1 is 1.27 bits per heavy atom. The summed E-state index contributed by atoms with van der Waals surface area (Å²) in [5.74, 6) is -0.593. The first-order valence-electron chi connectivity index (χ1n) is 11.1. The number of aliphatic hydroxyl groups is 1. The van der Waals surface area contributed by atoms with E-state index in [1.807, 2.05) is 0 Å². The maximum absolute atomic E-state index is 13.7. The van der Waals surface area contributed by atoms with Crippen molar-refractivity contribution in [3.05, 3.63) is 29.6 Å². The van der Waals surface area contributed by atoms with E-state index in [4.69, 9.17) is 19.4 Å². The molecule has 182 valence electrons. The summed E-state index contributed by atoms with van der Waals surface area (Å²) >= 11 is 0. The van der Waals surface area contributed by atoms with Crippen LogP contribution in [-0.4, -0.2) is 90.4 Å². The smallest absolute Gasteiger partial charge is 0.312 e. The van der Waals surface area contributed by atoms with Crippen molar-refractivity contribution < 1.29 is 38.5 Å². The number of methoxy groups -OCH3 is 1. The number of ether oxygens (including phenoxy) is 2. The summed E-state index contributed by atoms with van der Waals surface area (Å²) in [6.07, 6.45) is 2.90. The Hall–Kier alpha value is -2.72. The number of rotatable bonds is 4. The van der Waals surface area contributed by atoms with Crippen LogP contribution in [0.2, 0.25) is 0 Å². The van der Waals surface area contributed by atoms with E-state index in [2.05, 4.69) is 4.90 Å². The summed E-state index contributed by atoms with van der Waals surface area (Å²) in [5, 5.41) is 16.5. The second-order valence-corrected chi connectivity index (χ2v) is 8.79. The van der Waals surface area contributed by atoms with Crippen molar-refractivity contribution in [3.8, 4) is 5.75 Å². The van der Waals surface area contributed by atoms with Crippen LogP contribution < -0.4 is 4.74 Å². The summed E-state index contributed by atoms with van der Waals surface area (Å²) in [6.45, 7) is 2.94. The van der Waals surface area contributed by atoms with Gasteiger partial charge in [-0.2, -0.15) is 0 Å². The standard InChI is InChI=1S/C22H29FN2O5.CH2O2/c1-29-19-3-2-15(23)12-18(19)20(27)25-10-6-22(7-11-25)13-17(30-21(22)28)14-24-8-4-16(26)5-9-24;2-1-3/h2-3,12,16-17,26H,4-11,13-14H2,1H3;1H,(H,2,3). The third-order valence-corrected chi connectivity index (χ3v) is 6.74. The van der Waals surface area contributed by atoms with Gasteiger partial charge in [-0.1, -0.05) is 0 Å². The molecule has 0 aromatic heterocycles. The molecule has 3 aliphatic heterocycles. The molecule has 33 heavy (non-hydrogen) atoms. The van der Waals surface area contributed by atoms with E-state index in [0.717, 1.165) is 25.9 Å². The molecular weight excluding hydrogens is 435 g/mol. The molecule has 3 heterocycles. The van der Waals surface area contributed by atoms with Crippen LogP contribution in [0.4, 0.5) is 4.39 Å². The van der Waals surface area contributed by atoms with Gasteiger partial charge in [-0.25, -0.2) is 4.39 Å². The lowest BCUT2D eigenvalue weighted by molar-refractivity contribution is -0.151. The number of aliphatic hydroxyl groups excluding tert-OH is 1. The molecule has 0 aliphatic carbocycles. The lowest BCUT2D eigenvalue weighted by Crippen LogP contribution is -2.45. The lowest BCUT2D eigenvalue weighted by atomic mass is 9.76. The molecule has 1 spiro atoms. The number of carbonyl (C=O) groups excluding carboxylic acids is 2. The first-order valence-corrected chi connectivity index (χ1v) is 11.1. The van der Waals surface area contributed by atoms with Gasteiger partial charge in [0.25, 0.3) is 12.4 Å². The number of likely N-dealkylation sites (tertiary alicyclic amines) is 2. The SMILES string of the molecule is COc1ccc(F)cc1C(=O)N1CCC2(CC1)CC(CN1CCC(O)CC1)OC2=O.O=CO. The van der Waals surface area contributed by atoms with Gasteiger partial charge in [0, 0.05) is 39.1 Å². The van der Waals surface area contributed by atoms with Crippen LogP contribution >= 0.6 is 0 Å². The zero-order valence-electron chi connectivity index (χ0n) is 18.7. The fourth-order valence-electron chi connectivity index (χ4n) is 4.89. The molecule has 1 atom stereocenters. The van der Waals surface area contributed by atoms with Crippen LogP contribution in [0.15, 0.2) is 18.2 Å². The van der Waals surface area contributed by atoms with E-state index in [0.29, 0.717) is 44.6 Å². The second kappa shape index (κ2) is 10.9. The number of halogens is 1. The molecule has 0 saturated carbocycles. The molecule has 3 aliphatic rings. The molecule has 3 saturated heterocycles. The molecule has 0 bridgehead atoms. The average molecular weight is 467 g/mol. The highest BCUT2D eigenvalue weighted by Crippen LogP contribution is 2.43. The Labute approximate surface area is 192 Å². The molecule has 10 heteroatoms. The summed E-state index contributed by atoms with van der Waals surface area (Å²) in [5.41, 5.74) is -0.337.